The summed E-state index contributed by atoms with van der Waals surface area (Å²) in [5.41, 5.74) is 1.20. The quantitative estimate of drug-likeness (QED) is 0.384. The maximum atomic E-state index is 13.9. The first-order valence-electron chi connectivity index (χ1n) is 13.4. The number of carbonyl (C=O) groups is 1. The molecule has 5 rings (SSSR count). The number of rotatable bonds is 8. The molecule has 4 heterocycles. The van der Waals surface area contributed by atoms with Gasteiger partial charge in [0.2, 0.25) is 0 Å². The first-order valence-corrected chi connectivity index (χ1v) is 14.2. The van der Waals surface area contributed by atoms with Crippen molar-refractivity contribution in [2.45, 2.75) is 26.8 Å². The Bertz CT molecular complexity index is 1610. The Hall–Kier alpha value is -3.83. The van der Waals surface area contributed by atoms with Crippen molar-refractivity contribution in [2.75, 3.05) is 58.5 Å². The lowest BCUT2D eigenvalue weighted by molar-refractivity contribution is -0.136. The van der Waals surface area contributed by atoms with Crippen LogP contribution in [0.3, 0.4) is 0 Å². The Labute approximate surface area is 236 Å². The normalized spacial score (nSPS) is 18.0. The Morgan fingerprint density at radius 3 is 2.52 bits per heavy atom. The molecule has 40 heavy (non-hydrogen) atoms. The standard InChI is InChI=1S/C29H34N4O6S/c1-6-37-21-10-8-19(16-22(21)38-7-2)26-25(28(35)36-5)18(3)30-29-33(26)27(34)23(40-29)17-20-9-11-24(39-20)32-14-12-31(4)13-15-32/h8-11,16-17,26H,6-7,12-15H2,1-5H3/b23-17+. The monoisotopic (exact) mass is 566 g/mol. The average molecular weight is 567 g/mol. The van der Waals surface area contributed by atoms with Crippen molar-refractivity contribution in [2.24, 2.45) is 4.99 Å². The molecule has 1 fully saturated rings. The zero-order valence-corrected chi connectivity index (χ0v) is 24.2. The summed E-state index contributed by atoms with van der Waals surface area (Å²) in [6.45, 7) is 10.1. The molecule has 2 aliphatic heterocycles. The fourth-order valence-electron chi connectivity index (χ4n) is 4.99. The number of nitrogens with zero attached hydrogens (tertiary/aromatic N) is 4. The van der Waals surface area contributed by atoms with E-state index in [9.17, 15) is 9.59 Å². The van der Waals surface area contributed by atoms with Gasteiger partial charge in [-0.15, -0.1) is 0 Å². The Balaban J connectivity index is 1.60. The zero-order valence-electron chi connectivity index (χ0n) is 23.4. The van der Waals surface area contributed by atoms with Gasteiger partial charge < -0.3 is 28.4 Å². The summed E-state index contributed by atoms with van der Waals surface area (Å²) >= 11 is 1.26. The summed E-state index contributed by atoms with van der Waals surface area (Å²) < 4.78 is 24.8. The summed E-state index contributed by atoms with van der Waals surface area (Å²) in [4.78, 5) is 36.5. The van der Waals surface area contributed by atoms with Crippen molar-refractivity contribution in [3.8, 4) is 11.5 Å². The van der Waals surface area contributed by atoms with Crippen LogP contribution in [0.4, 0.5) is 5.88 Å². The average Bonchev–Trinajstić information content (AvgIpc) is 3.53. The number of hydrogen-bond donors (Lipinski definition) is 0. The van der Waals surface area contributed by atoms with Crippen molar-refractivity contribution in [3.63, 3.8) is 0 Å². The fourth-order valence-corrected chi connectivity index (χ4v) is 6.02. The molecule has 2 aliphatic rings. The molecule has 0 bridgehead atoms. The SMILES string of the molecule is CCOc1ccc(C2C(C(=O)OC)=C(C)N=c3s/c(=C/c4ccc(N5CCN(C)CC5)o4)c(=O)n32)cc1OCC. The molecule has 1 saturated heterocycles. The smallest absolute Gasteiger partial charge is 0.338 e. The van der Waals surface area contributed by atoms with Crippen LogP contribution in [0.5, 0.6) is 11.5 Å². The molecule has 11 heteroatoms. The van der Waals surface area contributed by atoms with E-state index in [-0.39, 0.29) is 5.56 Å². The van der Waals surface area contributed by atoms with Gasteiger partial charge >= 0.3 is 5.97 Å². The number of anilines is 1. The van der Waals surface area contributed by atoms with E-state index in [0.29, 0.717) is 56.6 Å². The summed E-state index contributed by atoms with van der Waals surface area (Å²) in [6, 6.07) is 8.50. The van der Waals surface area contributed by atoms with Crippen LogP contribution < -0.4 is 29.3 Å². The van der Waals surface area contributed by atoms with E-state index in [1.54, 1.807) is 23.6 Å². The fraction of sp³-hybridized carbons (Fsp3) is 0.414. The highest BCUT2D eigenvalue weighted by Crippen LogP contribution is 2.36. The number of aromatic nitrogens is 1. The molecule has 0 N–H and O–H groups in total. The van der Waals surface area contributed by atoms with E-state index in [2.05, 4.69) is 21.8 Å². The predicted molar refractivity (Wildman–Crippen MR) is 153 cm³/mol. The van der Waals surface area contributed by atoms with Gasteiger partial charge in [0.05, 0.1) is 42.2 Å². The molecule has 0 saturated carbocycles. The number of likely N-dealkylation sites (N-methyl/N-ethyl adjacent to an activating group) is 1. The number of carbonyl (C=O) groups excluding carboxylic acids is 1. The van der Waals surface area contributed by atoms with Crippen LogP contribution in [0, 0.1) is 0 Å². The minimum Gasteiger partial charge on any atom is -0.490 e. The molecule has 1 unspecified atom stereocenters. The Morgan fingerprint density at radius 2 is 1.82 bits per heavy atom. The van der Waals surface area contributed by atoms with Crippen LogP contribution in [0.2, 0.25) is 0 Å². The highest BCUT2D eigenvalue weighted by Gasteiger charge is 2.33. The van der Waals surface area contributed by atoms with E-state index >= 15 is 0 Å². The molecule has 3 aromatic rings. The third-order valence-corrected chi connectivity index (χ3v) is 7.99. The molecule has 212 valence electrons. The Morgan fingerprint density at radius 1 is 1.10 bits per heavy atom. The van der Waals surface area contributed by atoms with E-state index in [1.165, 1.54) is 18.4 Å². The van der Waals surface area contributed by atoms with Crippen LogP contribution in [-0.2, 0) is 9.53 Å². The number of fused-ring (bicyclic) bond motifs is 1. The number of furan rings is 1. The molecule has 2 aromatic heterocycles. The van der Waals surface area contributed by atoms with Crippen molar-refractivity contribution >= 4 is 29.3 Å². The number of hydrogen-bond acceptors (Lipinski definition) is 10. The minimum absolute atomic E-state index is 0.271. The molecule has 0 spiro atoms. The topological polar surface area (TPSA) is 98.7 Å². The first kappa shape index (κ1) is 27.7. The van der Waals surface area contributed by atoms with Gasteiger partial charge in [0.15, 0.2) is 22.2 Å². The molecule has 0 radical (unpaired) electrons. The highest BCUT2D eigenvalue weighted by atomic mass is 32.1. The van der Waals surface area contributed by atoms with Crippen molar-refractivity contribution in [1.82, 2.24) is 9.47 Å². The van der Waals surface area contributed by atoms with Crippen LogP contribution in [0.15, 0.2) is 55.8 Å². The lowest BCUT2D eigenvalue weighted by atomic mass is 9.95. The number of thiazole rings is 1. The van der Waals surface area contributed by atoms with Crippen molar-refractivity contribution in [3.05, 3.63) is 72.6 Å². The molecule has 0 aliphatic carbocycles. The highest BCUT2D eigenvalue weighted by molar-refractivity contribution is 7.07. The number of methoxy groups -OCH3 is 1. The van der Waals surface area contributed by atoms with E-state index in [1.807, 2.05) is 38.1 Å². The second kappa shape index (κ2) is 11.7. The van der Waals surface area contributed by atoms with E-state index in [0.717, 1.165) is 32.1 Å². The number of piperazine rings is 1. The summed E-state index contributed by atoms with van der Waals surface area (Å²) in [6.07, 6.45) is 1.74. The van der Waals surface area contributed by atoms with Crippen LogP contribution in [0.25, 0.3) is 6.08 Å². The number of benzene rings is 1. The molecule has 1 aromatic carbocycles. The number of esters is 1. The minimum atomic E-state index is -0.752. The first-order chi connectivity index (χ1) is 19.3. The van der Waals surface area contributed by atoms with Gasteiger partial charge in [-0.25, -0.2) is 9.79 Å². The van der Waals surface area contributed by atoms with Crippen LogP contribution >= 0.6 is 11.3 Å². The predicted octanol–water partition coefficient (Wildman–Crippen LogP) is 2.55. The van der Waals surface area contributed by atoms with Gasteiger partial charge in [0, 0.05) is 38.3 Å². The molecule has 10 nitrogen and oxygen atoms in total. The maximum Gasteiger partial charge on any atom is 0.338 e. The lowest BCUT2D eigenvalue weighted by Crippen LogP contribution is -2.44. The Kier molecular flexibility index (Phi) is 8.13. The molecular formula is C29H34N4O6S. The van der Waals surface area contributed by atoms with Gasteiger partial charge in [-0.1, -0.05) is 17.4 Å². The van der Waals surface area contributed by atoms with Gasteiger partial charge in [0.1, 0.15) is 5.76 Å². The van der Waals surface area contributed by atoms with Crippen LogP contribution in [0.1, 0.15) is 38.1 Å². The van der Waals surface area contributed by atoms with Gasteiger partial charge in [-0.3, -0.25) is 9.36 Å². The third-order valence-electron chi connectivity index (χ3n) is 7.01. The van der Waals surface area contributed by atoms with Crippen molar-refractivity contribution in [1.29, 1.82) is 0 Å². The van der Waals surface area contributed by atoms with E-state index in [4.69, 9.17) is 18.6 Å². The number of ether oxygens (including phenoxy) is 3. The summed E-state index contributed by atoms with van der Waals surface area (Å²) in [7, 11) is 3.43. The van der Waals surface area contributed by atoms with Gasteiger partial charge in [-0.2, -0.15) is 0 Å². The van der Waals surface area contributed by atoms with Crippen LogP contribution in [-0.4, -0.2) is 69.0 Å². The number of allylic oxidation sites excluding steroid dienone is 1. The summed E-state index contributed by atoms with van der Waals surface area (Å²) in [5, 5.41) is 0. The van der Waals surface area contributed by atoms with E-state index < -0.39 is 12.0 Å². The third kappa shape index (κ3) is 5.31. The molecular weight excluding hydrogens is 532 g/mol. The summed E-state index contributed by atoms with van der Waals surface area (Å²) in [5.74, 6) is 1.95. The molecule has 1 atom stereocenters. The second-order valence-corrected chi connectivity index (χ2v) is 10.6. The van der Waals surface area contributed by atoms with Crippen molar-refractivity contribution < 1.29 is 23.4 Å². The lowest BCUT2D eigenvalue weighted by Gasteiger charge is -2.32. The molecule has 0 amide bonds. The maximum absolute atomic E-state index is 13.9. The second-order valence-electron chi connectivity index (χ2n) is 9.61. The van der Waals surface area contributed by atoms with Gasteiger partial charge in [0.25, 0.3) is 5.56 Å². The zero-order chi connectivity index (χ0) is 28.4. The largest absolute Gasteiger partial charge is 0.490 e. The van der Waals surface area contributed by atoms with Gasteiger partial charge in [-0.05, 0) is 51.6 Å².